The van der Waals surface area contributed by atoms with E-state index in [0.717, 1.165) is 0 Å². The van der Waals surface area contributed by atoms with Crippen LogP contribution in [0.4, 0.5) is 0 Å². The largest absolute Gasteiger partial charge is 0.647 e. The van der Waals surface area contributed by atoms with Crippen molar-refractivity contribution in [1.82, 2.24) is 16.0 Å². The topological polar surface area (TPSA) is 132 Å². The van der Waals surface area contributed by atoms with Crippen molar-refractivity contribution in [3.63, 3.8) is 0 Å². The Kier molecular flexibility index (Phi) is 16.0. The average Bonchev–Trinajstić information content (AvgIpc) is 2.79. The second-order valence-electron chi connectivity index (χ2n) is 5.49. The Labute approximate surface area is 231 Å². The standard InChI is InChI=1S/C18H18Cl6N3O7P/c1-4-7-25-16(28)10(13(19)20)32-35(31,33-11(14(21)22)17(29)26-8-5-2)34-12(15(23)24)18(30)27-9-6-3/h4-6H,1-3,7-9H2,(H,25,28)(H,26,29)(H,27,30). The number of hydrogen-bond donors (Lipinski definition) is 3. The first-order valence-corrected chi connectivity index (χ1v) is 12.6. The van der Waals surface area contributed by atoms with Crippen molar-refractivity contribution in [3.8, 4) is 0 Å². The van der Waals surface area contributed by atoms with E-state index < -0.39 is 56.3 Å². The summed E-state index contributed by atoms with van der Waals surface area (Å²) >= 11 is 34.1. The molecule has 0 aliphatic rings. The predicted molar refractivity (Wildman–Crippen MR) is 137 cm³/mol. The molecule has 10 nitrogen and oxygen atoms in total. The fraction of sp³-hybridized carbons (Fsp3) is 0.167. The highest BCUT2D eigenvalue weighted by molar-refractivity contribution is 7.49. The van der Waals surface area contributed by atoms with E-state index in [4.69, 9.17) is 83.2 Å². The fourth-order valence-electron chi connectivity index (χ4n) is 1.61. The number of amides is 3. The van der Waals surface area contributed by atoms with Crippen LogP contribution in [0.25, 0.3) is 0 Å². The first-order valence-electron chi connectivity index (χ1n) is 8.85. The van der Waals surface area contributed by atoms with Gasteiger partial charge in [0.05, 0.1) is 0 Å². The minimum atomic E-state index is -5.35. The van der Waals surface area contributed by atoms with Crippen LogP contribution in [0, 0.1) is 0 Å². The van der Waals surface area contributed by atoms with Gasteiger partial charge in [-0.15, -0.1) is 19.7 Å². The Balaban J connectivity index is 6.57. The number of carbonyl (C=O) groups excluding carboxylic acids is 3. The predicted octanol–water partition coefficient (Wildman–Crippen LogP) is 4.99. The SMILES string of the molecule is C=CCNC(=O)C(OP(=O)(OC(C(=O)NCC=C)=C(Cl)Cl)OC(C(=O)NCC=C)=C(Cl)Cl)=C(Cl)Cl. The number of nitrogens with one attached hydrogen (secondary N) is 3. The molecule has 0 saturated carbocycles. The first kappa shape index (κ1) is 33.2. The molecule has 0 atom stereocenters. The molecule has 0 fully saturated rings. The van der Waals surface area contributed by atoms with E-state index in [1.807, 2.05) is 0 Å². The van der Waals surface area contributed by atoms with Crippen LogP contribution in [-0.4, -0.2) is 37.4 Å². The molecule has 194 valence electrons. The van der Waals surface area contributed by atoms with E-state index in [1.54, 1.807) is 0 Å². The van der Waals surface area contributed by atoms with Crippen molar-refractivity contribution in [1.29, 1.82) is 0 Å². The Morgan fingerprint density at radius 3 is 1.00 bits per heavy atom. The number of halogens is 6. The van der Waals surface area contributed by atoms with Crippen LogP contribution < -0.4 is 16.0 Å². The minimum absolute atomic E-state index is 0.0932. The summed E-state index contributed by atoms with van der Waals surface area (Å²) in [7, 11) is -5.35. The highest BCUT2D eigenvalue weighted by Gasteiger charge is 2.42. The van der Waals surface area contributed by atoms with E-state index in [2.05, 4.69) is 35.7 Å². The highest BCUT2D eigenvalue weighted by Crippen LogP contribution is 2.56. The van der Waals surface area contributed by atoms with Crippen LogP contribution in [0.5, 0.6) is 0 Å². The van der Waals surface area contributed by atoms with Gasteiger partial charge in [-0.1, -0.05) is 87.8 Å². The second-order valence-corrected chi connectivity index (χ2v) is 9.78. The summed E-state index contributed by atoms with van der Waals surface area (Å²) in [6.07, 6.45) is 3.88. The van der Waals surface area contributed by atoms with Gasteiger partial charge in [0.2, 0.25) is 17.3 Å². The maximum atomic E-state index is 13.6. The van der Waals surface area contributed by atoms with Gasteiger partial charge in [0, 0.05) is 19.6 Å². The summed E-state index contributed by atoms with van der Waals surface area (Å²) < 4.78 is 26.0. The van der Waals surface area contributed by atoms with Crippen molar-refractivity contribution in [2.75, 3.05) is 19.6 Å². The van der Waals surface area contributed by atoms with Gasteiger partial charge in [0.1, 0.15) is 0 Å². The van der Waals surface area contributed by atoms with Gasteiger partial charge in [-0.25, -0.2) is 0 Å². The van der Waals surface area contributed by atoms with Crippen molar-refractivity contribution < 1.29 is 32.5 Å². The van der Waals surface area contributed by atoms with Crippen LogP contribution in [-0.2, 0) is 32.5 Å². The first-order chi connectivity index (χ1) is 16.3. The second kappa shape index (κ2) is 16.8. The zero-order valence-corrected chi connectivity index (χ0v) is 23.0. The molecular formula is C18H18Cl6N3O7P. The average molecular weight is 632 g/mol. The molecule has 0 aromatic heterocycles. The zero-order chi connectivity index (χ0) is 27.2. The highest BCUT2D eigenvalue weighted by atomic mass is 35.5. The molecule has 0 spiro atoms. The lowest BCUT2D eigenvalue weighted by Gasteiger charge is -2.22. The molecule has 0 bridgehead atoms. The van der Waals surface area contributed by atoms with Crippen LogP contribution in [0.3, 0.4) is 0 Å². The normalized spacial score (nSPS) is 10.0. The molecule has 0 heterocycles. The molecule has 0 aromatic rings. The maximum Gasteiger partial charge on any atom is 0.647 e. The van der Waals surface area contributed by atoms with Crippen molar-refractivity contribution >= 4 is 95.1 Å². The summed E-state index contributed by atoms with van der Waals surface area (Å²) in [6.45, 7) is 9.92. The third-order valence-electron chi connectivity index (χ3n) is 2.96. The van der Waals surface area contributed by atoms with Crippen LogP contribution in [0.15, 0.2) is 68.7 Å². The van der Waals surface area contributed by atoms with Gasteiger partial charge >= 0.3 is 7.82 Å². The van der Waals surface area contributed by atoms with Gasteiger partial charge < -0.3 is 29.5 Å². The summed E-state index contributed by atoms with van der Waals surface area (Å²) in [5, 5.41) is 6.72. The number of phosphoric ester groups is 1. The molecule has 0 radical (unpaired) electrons. The van der Waals surface area contributed by atoms with Crippen molar-refractivity contribution in [2.24, 2.45) is 0 Å². The van der Waals surface area contributed by atoms with E-state index in [1.165, 1.54) is 18.2 Å². The zero-order valence-electron chi connectivity index (χ0n) is 17.5. The van der Waals surface area contributed by atoms with E-state index in [0.29, 0.717) is 0 Å². The lowest BCUT2D eigenvalue weighted by Crippen LogP contribution is -2.29. The van der Waals surface area contributed by atoms with Gasteiger partial charge in [-0.05, 0) is 0 Å². The molecule has 0 rings (SSSR count). The molecule has 3 amide bonds. The van der Waals surface area contributed by atoms with Crippen LogP contribution in [0.1, 0.15) is 0 Å². The van der Waals surface area contributed by atoms with Gasteiger partial charge in [-0.3, -0.25) is 14.4 Å². The van der Waals surface area contributed by atoms with E-state index in [-0.39, 0.29) is 19.6 Å². The van der Waals surface area contributed by atoms with Gasteiger partial charge in [-0.2, -0.15) is 4.57 Å². The van der Waals surface area contributed by atoms with E-state index >= 15 is 0 Å². The Bertz CT molecular complexity index is 877. The van der Waals surface area contributed by atoms with Crippen LogP contribution in [0.2, 0.25) is 0 Å². The number of rotatable bonds is 15. The minimum Gasteiger partial charge on any atom is -0.377 e. The lowest BCUT2D eigenvalue weighted by atomic mass is 10.5. The number of hydrogen-bond acceptors (Lipinski definition) is 7. The molecule has 0 aromatic carbocycles. The Morgan fingerprint density at radius 2 is 0.829 bits per heavy atom. The molecule has 35 heavy (non-hydrogen) atoms. The molecular weight excluding hydrogens is 614 g/mol. The summed E-state index contributed by atoms with van der Waals surface area (Å²) in [5.74, 6) is -6.37. The maximum absolute atomic E-state index is 13.6. The third kappa shape index (κ3) is 12.1. The number of carbonyl (C=O) groups is 3. The lowest BCUT2D eigenvalue weighted by molar-refractivity contribution is -0.119. The van der Waals surface area contributed by atoms with Crippen molar-refractivity contribution in [2.45, 2.75) is 0 Å². The monoisotopic (exact) mass is 629 g/mol. The summed E-state index contributed by atoms with van der Waals surface area (Å²) in [6, 6.07) is 0. The third-order valence-corrected chi connectivity index (χ3v) is 5.21. The fourth-order valence-corrected chi connectivity index (χ4v) is 3.99. The van der Waals surface area contributed by atoms with Gasteiger partial charge in [0.25, 0.3) is 17.7 Å². The Hall–Kier alpha value is -1.78. The molecule has 0 unspecified atom stereocenters. The van der Waals surface area contributed by atoms with Gasteiger partial charge in [0.15, 0.2) is 13.5 Å². The molecule has 3 N–H and O–H groups in total. The molecule has 0 aliphatic carbocycles. The molecule has 0 saturated heterocycles. The number of phosphoric acid groups is 1. The van der Waals surface area contributed by atoms with Crippen molar-refractivity contribution in [3.05, 3.63) is 68.7 Å². The van der Waals surface area contributed by atoms with Crippen LogP contribution >= 0.6 is 77.4 Å². The smallest absolute Gasteiger partial charge is 0.377 e. The quantitative estimate of drug-likeness (QED) is 0.100. The molecule has 0 aliphatic heterocycles. The van der Waals surface area contributed by atoms with E-state index in [9.17, 15) is 18.9 Å². The Morgan fingerprint density at radius 1 is 0.600 bits per heavy atom. The summed E-state index contributed by atoms with van der Waals surface area (Å²) in [4.78, 5) is 37.1. The summed E-state index contributed by atoms with van der Waals surface area (Å²) in [5.41, 5.74) is 0. The molecule has 17 heteroatoms.